The summed E-state index contributed by atoms with van der Waals surface area (Å²) in [6, 6.07) is 15.3. The molecule has 0 radical (unpaired) electrons. The highest BCUT2D eigenvalue weighted by atomic mass is 32.2. The number of anilines is 2. The van der Waals surface area contributed by atoms with E-state index in [4.69, 9.17) is 10.5 Å². The molecule has 0 spiro atoms. The largest absolute Gasteiger partial charge is 0.593 e. The Bertz CT molecular complexity index is 1280. The number of rotatable bonds is 7. The Morgan fingerprint density at radius 3 is 2.58 bits per heavy atom. The van der Waals surface area contributed by atoms with Crippen molar-refractivity contribution >= 4 is 23.0 Å². The van der Waals surface area contributed by atoms with E-state index in [9.17, 15) is 13.3 Å². The van der Waals surface area contributed by atoms with Crippen molar-refractivity contribution < 1.29 is 18.1 Å². The van der Waals surface area contributed by atoms with Gasteiger partial charge >= 0.3 is 0 Å². The fourth-order valence-electron chi connectivity index (χ4n) is 3.09. The van der Waals surface area contributed by atoms with E-state index in [2.05, 4.69) is 19.7 Å². The molecule has 0 aliphatic carbocycles. The van der Waals surface area contributed by atoms with E-state index < -0.39 is 23.0 Å². The van der Waals surface area contributed by atoms with Gasteiger partial charge in [-0.25, -0.2) is 24.1 Å². The van der Waals surface area contributed by atoms with Crippen molar-refractivity contribution in [3.8, 4) is 22.9 Å². The number of halogens is 2. The fraction of sp³-hybridized carbons (Fsp3) is 0.0870. The van der Waals surface area contributed by atoms with E-state index in [1.54, 1.807) is 37.3 Å². The third-order valence-corrected chi connectivity index (χ3v) is 5.68. The van der Waals surface area contributed by atoms with Gasteiger partial charge < -0.3 is 15.0 Å². The van der Waals surface area contributed by atoms with Crippen LogP contribution in [-0.4, -0.2) is 19.5 Å². The Hall–Kier alpha value is -3.76. The first-order valence-corrected chi connectivity index (χ1v) is 11.1. The Morgan fingerprint density at radius 1 is 1.03 bits per heavy atom. The van der Waals surface area contributed by atoms with Crippen molar-refractivity contribution in [2.75, 3.05) is 10.5 Å². The van der Waals surface area contributed by atoms with Gasteiger partial charge in [0, 0.05) is 18.0 Å². The molecule has 10 heteroatoms. The Balaban J connectivity index is 1.60. The molecule has 1 unspecified atom stereocenters. The van der Waals surface area contributed by atoms with Crippen LogP contribution in [0.15, 0.2) is 67.0 Å². The number of hydrogen-bond donors (Lipinski definition) is 2. The van der Waals surface area contributed by atoms with Gasteiger partial charge in [0.05, 0.1) is 22.6 Å². The Kier molecular flexibility index (Phi) is 6.66. The number of aryl methyl sites for hydroxylation is 1. The van der Waals surface area contributed by atoms with E-state index in [0.29, 0.717) is 16.8 Å². The minimum absolute atomic E-state index is 0.0154. The molecule has 168 valence electrons. The molecule has 2 heterocycles. The van der Waals surface area contributed by atoms with Gasteiger partial charge in [-0.1, -0.05) is 30.3 Å². The second-order valence-corrected chi connectivity index (χ2v) is 8.21. The summed E-state index contributed by atoms with van der Waals surface area (Å²) < 4.78 is 50.4. The van der Waals surface area contributed by atoms with Crippen LogP contribution in [0.2, 0.25) is 0 Å². The average Bonchev–Trinajstić information content (AvgIpc) is 2.81. The number of aromatic nitrogens is 3. The van der Waals surface area contributed by atoms with Crippen LogP contribution in [0.4, 0.5) is 20.4 Å². The molecule has 0 saturated heterocycles. The molecule has 7 nitrogen and oxygen atoms in total. The molecule has 0 aliphatic rings. The molecule has 1 atom stereocenters. The molecular formula is C23H19F2N5O2S. The number of nitrogen functional groups attached to an aromatic ring is 1. The first kappa shape index (κ1) is 22.4. The molecule has 4 aromatic rings. The number of benzene rings is 2. The average molecular weight is 468 g/mol. The zero-order valence-electron chi connectivity index (χ0n) is 17.5. The second kappa shape index (κ2) is 9.80. The lowest BCUT2D eigenvalue weighted by molar-refractivity contribution is 0.407. The molecule has 2 aromatic carbocycles. The number of pyridine rings is 1. The highest BCUT2D eigenvalue weighted by Gasteiger charge is 2.23. The van der Waals surface area contributed by atoms with E-state index >= 15 is 0 Å². The molecule has 0 aliphatic heterocycles. The highest BCUT2D eigenvalue weighted by Crippen LogP contribution is 2.36. The number of hydrogen-bond acceptors (Lipinski definition) is 7. The first-order chi connectivity index (χ1) is 15.9. The SMILES string of the molecule is Cc1cc(Oc2ncccc2-c2ccnc(N)n2)c(F)c(F)c1N[S+]([O-])Cc1ccccc1. The molecule has 0 bridgehead atoms. The number of nitrogens with zero attached hydrogens (tertiary/aromatic N) is 3. The summed E-state index contributed by atoms with van der Waals surface area (Å²) in [6.45, 7) is 1.56. The van der Waals surface area contributed by atoms with Crippen LogP contribution in [0.1, 0.15) is 11.1 Å². The summed E-state index contributed by atoms with van der Waals surface area (Å²) >= 11 is -1.66. The zero-order chi connectivity index (χ0) is 23.4. The lowest BCUT2D eigenvalue weighted by atomic mass is 10.1. The van der Waals surface area contributed by atoms with Crippen molar-refractivity contribution in [1.82, 2.24) is 15.0 Å². The smallest absolute Gasteiger partial charge is 0.228 e. The minimum Gasteiger partial charge on any atom is -0.593 e. The molecular weight excluding hydrogens is 448 g/mol. The highest BCUT2D eigenvalue weighted by molar-refractivity contribution is 7.91. The van der Waals surface area contributed by atoms with Crippen LogP contribution >= 0.6 is 0 Å². The van der Waals surface area contributed by atoms with Crippen molar-refractivity contribution in [3.63, 3.8) is 0 Å². The molecule has 2 aromatic heterocycles. The van der Waals surface area contributed by atoms with Crippen molar-refractivity contribution in [3.05, 3.63) is 89.8 Å². The summed E-state index contributed by atoms with van der Waals surface area (Å²) in [4.78, 5) is 12.1. The second-order valence-electron chi connectivity index (χ2n) is 7.03. The van der Waals surface area contributed by atoms with Crippen molar-refractivity contribution in [2.45, 2.75) is 12.7 Å². The molecule has 3 N–H and O–H groups in total. The molecule has 4 rings (SSSR count). The number of nitrogens with one attached hydrogen (secondary N) is 1. The predicted octanol–water partition coefficient (Wildman–Crippen LogP) is 4.78. The van der Waals surface area contributed by atoms with Crippen LogP contribution in [0, 0.1) is 18.6 Å². The van der Waals surface area contributed by atoms with Gasteiger partial charge in [0.15, 0.2) is 17.3 Å². The summed E-state index contributed by atoms with van der Waals surface area (Å²) in [6.07, 6.45) is 2.92. The van der Waals surface area contributed by atoms with Gasteiger partial charge in [-0.3, -0.25) is 0 Å². The van der Waals surface area contributed by atoms with E-state index in [0.717, 1.165) is 5.56 Å². The summed E-state index contributed by atoms with van der Waals surface area (Å²) in [5.74, 6) is -2.60. The number of ether oxygens (including phenoxy) is 1. The third-order valence-electron chi connectivity index (χ3n) is 4.65. The van der Waals surface area contributed by atoms with E-state index in [1.165, 1.54) is 18.5 Å². The molecule has 0 amide bonds. The number of nitrogens with two attached hydrogens (primary N) is 1. The van der Waals surface area contributed by atoms with Crippen LogP contribution in [0.25, 0.3) is 11.3 Å². The van der Waals surface area contributed by atoms with Gasteiger partial charge in [-0.2, -0.15) is 4.39 Å². The van der Waals surface area contributed by atoms with Crippen LogP contribution in [0.5, 0.6) is 11.6 Å². The molecule has 0 saturated carbocycles. The minimum atomic E-state index is -1.66. The van der Waals surface area contributed by atoms with Gasteiger partial charge in [-0.05, 0) is 36.8 Å². The summed E-state index contributed by atoms with van der Waals surface area (Å²) in [5, 5.41) is 0. The third kappa shape index (κ3) is 5.18. The normalized spacial score (nSPS) is 11.8. The van der Waals surface area contributed by atoms with Gasteiger partial charge in [-0.15, -0.1) is 0 Å². The van der Waals surface area contributed by atoms with Crippen molar-refractivity contribution in [1.29, 1.82) is 0 Å². The Labute approximate surface area is 192 Å². The van der Waals surface area contributed by atoms with E-state index in [-0.39, 0.29) is 29.0 Å². The molecule has 0 fully saturated rings. The van der Waals surface area contributed by atoms with Crippen LogP contribution in [0.3, 0.4) is 0 Å². The van der Waals surface area contributed by atoms with Crippen molar-refractivity contribution in [2.24, 2.45) is 0 Å². The summed E-state index contributed by atoms with van der Waals surface area (Å²) in [7, 11) is 0. The standard InChI is InChI=1S/C23H19F2N5O2S/c1-14-12-18(32-22-16(8-5-10-27-22)17-9-11-28-23(26)29-17)19(24)20(25)21(14)30-33(31)13-15-6-3-2-4-7-15/h2-12,30H,13H2,1H3,(H2,26,28,29). The first-order valence-electron chi connectivity index (χ1n) is 9.81. The van der Waals surface area contributed by atoms with E-state index in [1.807, 2.05) is 18.2 Å². The molecule has 33 heavy (non-hydrogen) atoms. The quantitative estimate of drug-likeness (QED) is 0.377. The van der Waals surface area contributed by atoms with Crippen LogP contribution < -0.4 is 15.2 Å². The lowest BCUT2D eigenvalue weighted by Crippen LogP contribution is -2.17. The van der Waals surface area contributed by atoms with Crippen LogP contribution in [-0.2, 0) is 17.1 Å². The lowest BCUT2D eigenvalue weighted by Gasteiger charge is -2.17. The Morgan fingerprint density at radius 2 is 1.82 bits per heavy atom. The zero-order valence-corrected chi connectivity index (χ0v) is 18.3. The van der Waals surface area contributed by atoms with Gasteiger partial charge in [0.2, 0.25) is 17.6 Å². The fourth-order valence-corrected chi connectivity index (χ4v) is 4.14. The maximum absolute atomic E-state index is 14.9. The maximum Gasteiger partial charge on any atom is 0.228 e. The maximum atomic E-state index is 14.9. The summed E-state index contributed by atoms with van der Waals surface area (Å²) in [5.41, 5.74) is 7.40. The van der Waals surface area contributed by atoms with Gasteiger partial charge in [0.25, 0.3) is 0 Å². The predicted molar refractivity (Wildman–Crippen MR) is 123 cm³/mol. The van der Waals surface area contributed by atoms with Gasteiger partial charge in [0.1, 0.15) is 5.69 Å². The topological polar surface area (TPSA) is 109 Å². The monoisotopic (exact) mass is 467 g/mol.